The Morgan fingerprint density at radius 1 is 0.759 bits per heavy atom. The summed E-state index contributed by atoms with van der Waals surface area (Å²) in [6.45, 7) is -1.59. The SMILES string of the molecule is O=C(/C=C/c1ccc(O)c(O)c1)OC[C@H]1O[C@@H](O[C@@H]2[C@@H](O)[C@H](O)[C@@H](CO)O[C@H]2c2c(O)cc3oc(-c4ccc(O)cc4)cc(=O)c3c2O)[C@H](O)[C@@H](O)[C@@H]1O. The summed E-state index contributed by atoms with van der Waals surface area (Å²) in [5.41, 5.74) is -0.942. The lowest BCUT2D eigenvalue weighted by atomic mass is 9.89. The Kier molecular flexibility index (Phi) is 11.1. The van der Waals surface area contributed by atoms with Gasteiger partial charge in [0.2, 0.25) is 0 Å². The highest BCUT2D eigenvalue weighted by atomic mass is 16.7. The van der Waals surface area contributed by atoms with Gasteiger partial charge >= 0.3 is 5.97 Å². The van der Waals surface area contributed by atoms with Gasteiger partial charge in [-0.05, 0) is 48.0 Å². The lowest BCUT2D eigenvalue weighted by molar-refractivity contribution is -0.342. The molecule has 4 aromatic rings. The van der Waals surface area contributed by atoms with Crippen LogP contribution in [0.15, 0.2) is 69.9 Å². The maximum Gasteiger partial charge on any atom is 0.330 e. The van der Waals surface area contributed by atoms with Crippen LogP contribution in [-0.2, 0) is 23.7 Å². The van der Waals surface area contributed by atoms with Crippen LogP contribution in [0.2, 0.25) is 0 Å². The van der Waals surface area contributed by atoms with Crippen LogP contribution in [0.5, 0.6) is 28.7 Å². The third kappa shape index (κ3) is 7.55. The van der Waals surface area contributed by atoms with Crippen LogP contribution in [-0.4, -0.2) is 130 Å². The standard InChI is InChI=1S/C36H36O18/c37-12-23-28(44)32(48)35(34(52-23)27-20(42)11-22-26(30(27)46)19(41)10-21(51-22)15-3-5-16(38)6-4-15)54-36-33(49)31(47)29(45)24(53-36)13-50-25(43)8-2-14-1-7-17(39)18(40)9-14/h1-11,23-24,28-29,31-40,42,44-49H,12-13H2/b8-2+/t23-,24-,28-,29-,31+,32+,33-,34+,35-,36+/m1/s1. The van der Waals surface area contributed by atoms with Gasteiger partial charge in [0.05, 0.1) is 12.2 Å². The maximum atomic E-state index is 13.3. The van der Waals surface area contributed by atoms with Crippen LogP contribution >= 0.6 is 0 Å². The second kappa shape index (κ2) is 15.6. The second-order valence-electron chi connectivity index (χ2n) is 12.6. The summed E-state index contributed by atoms with van der Waals surface area (Å²) in [6.07, 6.45) is -16.3. The van der Waals surface area contributed by atoms with Crippen LogP contribution in [0.3, 0.4) is 0 Å². The molecule has 0 saturated carbocycles. The smallest absolute Gasteiger partial charge is 0.330 e. The molecule has 54 heavy (non-hydrogen) atoms. The van der Waals surface area contributed by atoms with Gasteiger partial charge in [-0.3, -0.25) is 4.79 Å². The first-order valence-electron chi connectivity index (χ1n) is 16.3. The van der Waals surface area contributed by atoms with Gasteiger partial charge in [0, 0.05) is 23.8 Å². The van der Waals surface area contributed by atoms with Gasteiger partial charge in [0.15, 0.2) is 23.2 Å². The van der Waals surface area contributed by atoms with Crippen molar-refractivity contribution in [1.29, 1.82) is 0 Å². The van der Waals surface area contributed by atoms with Crippen molar-refractivity contribution in [2.75, 3.05) is 13.2 Å². The number of rotatable bonds is 9. The van der Waals surface area contributed by atoms with Crippen molar-refractivity contribution in [3.8, 4) is 40.1 Å². The molecule has 0 spiro atoms. The van der Waals surface area contributed by atoms with Crippen LogP contribution in [0, 0.1) is 0 Å². The molecule has 0 aliphatic carbocycles. The Labute approximate surface area is 303 Å². The molecule has 0 unspecified atom stereocenters. The number of carbonyl (C=O) groups is 1. The number of fused-ring (bicyclic) bond motifs is 1. The first kappa shape index (κ1) is 38.4. The molecule has 2 fully saturated rings. The van der Waals surface area contributed by atoms with Gasteiger partial charge < -0.3 is 79.5 Å². The average molecular weight is 757 g/mol. The van der Waals surface area contributed by atoms with Gasteiger partial charge in [0.1, 0.15) is 95.5 Å². The molecule has 0 bridgehead atoms. The van der Waals surface area contributed by atoms with E-state index in [2.05, 4.69) is 0 Å². The Morgan fingerprint density at radius 2 is 1.46 bits per heavy atom. The van der Waals surface area contributed by atoms with Crippen molar-refractivity contribution in [3.05, 3.63) is 82.0 Å². The molecule has 1 aromatic heterocycles. The minimum atomic E-state index is -2.04. The van der Waals surface area contributed by atoms with Gasteiger partial charge in [-0.25, -0.2) is 4.79 Å². The molecular formula is C36H36O18. The van der Waals surface area contributed by atoms with Crippen molar-refractivity contribution >= 4 is 23.0 Å². The summed E-state index contributed by atoms with van der Waals surface area (Å²) in [5, 5.41) is 115. The van der Waals surface area contributed by atoms with Gasteiger partial charge in [-0.15, -0.1) is 0 Å². The van der Waals surface area contributed by atoms with E-state index in [0.29, 0.717) is 11.1 Å². The minimum Gasteiger partial charge on any atom is -0.508 e. The highest BCUT2D eigenvalue weighted by Gasteiger charge is 2.52. The van der Waals surface area contributed by atoms with E-state index >= 15 is 0 Å². The number of aliphatic hydroxyl groups excluding tert-OH is 6. The van der Waals surface area contributed by atoms with E-state index in [9.17, 15) is 65.8 Å². The van der Waals surface area contributed by atoms with E-state index in [0.717, 1.165) is 18.2 Å². The Morgan fingerprint density at radius 3 is 2.15 bits per heavy atom. The van der Waals surface area contributed by atoms with Gasteiger partial charge in [0.25, 0.3) is 0 Å². The zero-order valence-electron chi connectivity index (χ0n) is 27.8. The number of hydrogen-bond donors (Lipinski definition) is 11. The third-order valence-corrected chi connectivity index (χ3v) is 9.08. The third-order valence-electron chi connectivity index (χ3n) is 9.08. The van der Waals surface area contributed by atoms with Crippen molar-refractivity contribution in [2.45, 2.75) is 61.2 Å². The number of phenolic OH excluding ortho intramolecular Hbond substituents is 5. The van der Waals surface area contributed by atoms with Crippen molar-refractivity contribution in [1.82, 2.24) is 0 Å². The summed E-state index contributed by atoms with van der Waals surface area (Å²) in [5.74, 6) is -3.46. The number of aromatic hydroxyl groups is 5. The van der Waals surface area contributed by atoms with E-state index in [-0.39, 0.29) is 22.8 Å². The number of hydrogen-bond acceptors (Lipinski definition) is 18. The van der Waals surface area contributed by atoms with Crippen molar-refractivity contribution in [2.24, 2.45) is 0 Å². The van der Waals surface area contributed by atoms with Crippen LogP contribution in [0.1, 0.15) is 17.2 Å². The van der Waals surface area contributed by atoms with E-state index < -0.39 is 114 Å². The lowest BCUT2D eigenvalue weighted by Crippen LogP contribution is -2.63. The first-order chi connectivity index (χ1) is 25.7. The number of aliphatic hydroxyl groups is 6. The Balaban J connectivity index is 1.27. The summed E-state index contributed by atoms with van der Waals surface area (Å²) in [7, 11) is 0. The fourth-order valence-corrected chi connectivity index (χ4v) is 6.17. The van der Waals surface area contributed by atoms with Crippen molar-refractivity contribution in [3.63, 3.8) is 0 Å². The van der Waals surface area contributed by atoms with Gasteiger partial charge in [-0.2, -0.15) is 0 Å². The van der Waals surface area contributed by atoms with Crippen LogP contribution in [0.4, 0.5) is 0 Å². The number of carbonyl (C=O) groups excluding carboxylic acids is 1. The van der Waals surface area contributed by atoms with Crippen LogP contribution < -0.4 is 5.43 Å². The molecule has 2 aliphatic heterocycles. The zero-order valence-corrected chi connectivity index (χ0v) is 27.8. The van der Waals surface area contributed by atoms with E-state index in [1.165, 1.54) is 48.5 Å². The molecule has 3 aromatic carbocycles. The highest BCUT2D eigenvalue weighted by Crippen LogP contribution is 2.46. The fraction of sp³-hybridized carbons (Fsp3) is 0.333. The molecule has 2 saturated heterocycles. The second-order valence-corrected chi connectivity index (χ2v) is 12.6. The lowest BCUT2D eigenvalue weighted by Gasteiger charge is -2.46. The summed E-state index contributed by atoms with van der Waals surface area (Å²) in [4.78, 5) is 25.7. The molecule has 0 amide bonds. The van der Waals surface area contributed by atoms with E-state index in [1.807, 2.05) is 0 Å². The Hall–Kier alpha value is -5.28. The predicted molar refractivity (Wildman–Crippen MR) is 181 cm³/mol. The molecular weight excluding hydrogens is 720 g/mol. The monoisotopic (exact) mass is 756 g/mol. The molecule has 288 valence electrons. The molecule has 18 nitrogen and oxygen atoms in total. The zero-order chi connectivity index (χ0) is 39.0. The predicted octanol–water partition coefficient (Wildman–Crippen LogP) is -0.409. The molecule has 10 atom stereocenters. The van der Waals surface area contributed by atoms with Gasteiger partial charge in [-0.1, -0.05) is 6.07 Å². The number of benzene rings is 3. The number of ether oxygens (including phenoxy) is 4. The summed E-state index contributed by atoms with van der Waals surface area (Å²) >= 11 is 0. The maximum absolute atomic E-state index is 13.3. The first-order valence-corrected chi connectivity index (χ1v) is 16.3. The normalized spacial score (nSPS) is 28.7. The van der Waals surface area contributed by atoms with Crippen LogP contribution in [0.25, 0.3) is 28.4 Å². The summed E-state index contributed by atoms with van der Waals surface area (Å²) in [6, 6.07) is 11.4. The highest BCUT2D eigenvalue weighted by molar-refractivity contribution is 5.88. The molecule has 0 radical (unpaired) electrons. The molecule has 2 aliphatic rings. The summed E-state index contributed by atoms with van der Waals surface area (Å²) < 4.78 is 28.1. The van der Waals surface area contributed by atoms with E-state index in [4.69, 9.17) is 23.4 Å². The van der Waals surface area contributed by atoms with Crippen molar-refractivity contribution < 1.29 is 84.3 Å². The quantitative estimate of drug-likeness (QED) is 0.0588. The van der Waals surface area contributed by atoms with E-state index in [1.54, 1.807) is 0 Å². The molecule has 18 heteroatoms. The molecule has 11 N–H and O–H groups in total. The molecule has 3 heterocycles. The molecule has 6 rings (SSSR count). The average Bonchev–Trinajstić information content (AvgIpc) is 3.14. The topological polar surface area (TPSA) is 307 Å². The Bertz CT molecular complexity index is 2080. The minimum absolute atomic E-state index is 0.0196. The number of phenols is 5. The largest absolute Gasteiger partial charge is 0.508 e. The fourth-order valence-electron chi connectivity index (χ4n) is 6.17. The number of esters is 1.